The number of amides is 2. The number of rotatable bonds is 9. The molecule has 4 aromatic rings. The van der Waals surface area contributed by atoms with Crippen molar-refractivity contribution in [1.29, 1.82) is 0 Å². The highest BCUT2D eigenvalue weighted by atomic mass is 16.5. The highest BCUT2D eigenvalue weighted by Crippen LogP contribution is 2.50. The van der Waals surface area contributed by atoms with E-state index in [0.29, 0.717) is 41.5 Å². The molecule has 0 fully saturated rings. The van der Waals surface area contributed by atoms with Crippen molar-refractivity contribution in [3.05, 3.63) is 138 Å². The van der Waals surface area contributed by atoms with Crippen molar-refractivity contribution < 1.29 is 24.2 Å². The van der Waals surface area contributed by atoms with Gasteiger partial charge in [-0.05, 0) is 48.0 Å². The van der Waals surface area contributed by atoms with Crippen molar-refractivity contribution in [2.24, 2.45) is 4.99 Å². The molecular formula is C35H30N2O5. The largest absolute Gasteiger partial charge is 0.494 e. The number of aliphatic hydroxyl groups is 1. The van der Waals surface area contributed by atoms with Gasteiger partial charge in [0.25, 0.3) is 11.8 Å². The Bertz CT molecular complexity index is 1630. The first-order chi connectivity index (χ1) is 20.6. The molecular weight excluding hydrogens is 528 g/mol. The summed E-state index contributed by atoms with van der Waals surface area (Å²) in [6.45, 7) is 0.465. The summed E-state index contributed by atoms with van der Waals surface area (Å²) in [6, 6.07) is 33.3. The molecule has 6 rings (SSSR count). The van der Waals surface area contributed by atoms with Gasteiger partial charge in [0.05, 0.1) is 12.3 Å². The van der Waals surface area contributed by atoms with Crippen LogP contribution < -0.4 is 9.64 Å². The van der Waals surface area contributed by atoms with Crippen LogP contribution >= 0.6 is 0 Å². The number of imide groups is 1. The van der Waals surface area contributed by atoms with Gasteiger partial charge in [0.15, 0.2) is 11.6 Å². The third kappa shape index (κ3) is 5.10. The van der Waals surface area contributed by atoms with Gasteiger partial charge in [-0.15, -0.1) is 0 Å². The maximum Gasteiger partial charge on any atom is 0.266 e. The van der Waals surface area contributed by atoms with Crippen LogP contribution in [0.1, 0.15) is 46.0 Å². The molecule has 210 valence electrons. The second-order valence-electron chi connectivity index (χ2n) is 10.2. The first-order valence-corrected chi connectivity index (χ1v) is 14.0. The first-order valence-electron chi connectivity index (χ1n) is 14.0. The van der Waals surface area contributed by atoms with E-state index in [-0.39, 0.29) is 13.0 Å². The summed E-state index contributed by atoms with van der Waals surface area (Å²) in [5.74, 6) is 0.139. The molecule has 2 amide bonds. The number of benzene rings is 4. The van der Waals surface area contributed by atoms with Crippen molar-refractivity contribution >= 4 is 29.5 Å². The molecule has 4 aromatic carbocycles. The van der Waals surface area contributed by atoms with Crippen molar-refractivity contribution in [3.8, 4) is 5.75 Å². The Labute approximate surface area is 244 Å². The van der Waals surface area contributed by atoms with Crippen LogP contribution in [-0.4, -0.2) is 41.6 Å². The average molecular weight is 559 g/mol. The molecule has 42 heavy (non-hydrogen) atoms. The molecule has 2 atom stereocenters. The topological polar surface area (TPSA) is 88.4 Å². The number of aliphatic imine (C=N–C) groups is 1. The number of carbonyl (C=O) groups excluding carboxylic acids is 2. The van der Waals surface area contributed by atoms with Gasteiger partial charge in [-0.3, -0.25) is 9.59 Å². The molecule has 0 aliphatic carbocycles. The van der Waals surface area contributed by atoms with Gasteiger partial charge in [-0.1, -0.05) is 78.9 Å². The lowest BCUT2D eigenvalue weighted by atomic mass is 9.79. The molecule has 2 aliphatic rings. The third-order valence-electron chi connectivity index (χ3n) is 7.43. The molecule has 0 spiro atoms. The predicted octanol–water partition coefficient (Wildman–Crippen LogP) is 6.00. The Morgan fingerprint density at radius 3 is 2.36 bits per heavy atom. The van der Waals surface area contributed by atoms with E-state index in [4.69, 9.17) is 19.6 Å². The van der Waals surface area contributed by atoms with E-state index >= 15 is 0 Å². The number of nitrogens with zero attached hydrogens (tertiary/aromatic N) is 2. The lowest BCUT2D eigenvalue weighted by Gasteiger charge is -2.40. The number of para-hydroxylation sites is 1. The zero-order valence-corrected chi connectivity index (χ0v) is 22.9. The second kappa shape index (κ2) is 11.8. The molecule has 1 N–H and O–H groups in total. The molecule has 0 bridgehead atoms. The van der Waals surface area contributed by atoms with Crippen LogP contribution in [-0.2, 0) is 9.53 Å². The molecule has 0 saturated carbocycles. The van der Waals surface area contributed by atoms with Crippen LogP contribution in [0.4, 0.5) is 5.69 Å². The normalized spacial score (nSPS) is 19.2. The lowest BCUT2D eigenvalue weighted by Crippen LogP contribution is -2.56. The van der Waals surface area contributed by atoms with Crippen molar-refractivity contribution in [2.45, 2.75) is 24.5 Å². The maximum atomic E-state index is 14.6. The van der Waals surface area contributed by atoms with E-state index in [1.54, 1.807) is 30.3 Å². The number of ether oxygens (including phenoxy) is 2. The van der Waals surface area contributed by atoms with Crippen molar-refractivity contribution in [3.63, 3.8) is 0 Å². The number of carbonyl (C=O) groups is 2. The highest BCUT2D eigenvalue weighted by Gasteiger charge is 2.59. The van der Waals surface area contributed by atoms with Gasteiger partial charge in [0, 0.05) is 36.1 Å². The first kappa shape index (κ1) is 27.2. The van der Waals surface area contributed by atoms with Crippen molar-refractivity contribution in [2.75, 3.05) is 18.1 Å². The number of anilines is 1. The summed E-state index contributed by atoms with van der Waals surface area (Å²) in [5.41, 5.74) is 1.91. The molecule has 7 nitrogen and oxygen atoms in total. The minimum Gasteiger partial charge on any atom is -0.494 e. The number of hydrogen-bond donors (Lipinski definition) is 1. The monoisotopic (exact) mass is 558 g/mol. The number of hydrogen-bond acceptors (Lipinski definition) is 6. The maximum absolute atomic E-state index is 14.6. The molecule has 0 saturated heterocycles. The Balaban J connectivity index is 1.42. The van der Waals surface area contributed by atoms with Crippen LogP contribution in [0.2, 0.25) is 0 Å². The van der Waals surface area contributed by atoms with E-state index < -0.39 is 23.5 Å². The molecule has 0 unspecified atom stereocenters. The van der Waals surface area contributed by atoms with Crippen LogP contribution in [0.15, 0.2) is 120 Å². The fourth-order valence-electron chi connectivity index (χ4n) is 5.34. The van der Waals surface area contributed by atoms with Crippen LogP contribution in [0.25, 0.3) is 6.08 Å². The fourth-order valence-corrected chi connectivity index (χ4v) is 5.34. The molecule has 0 radical (unpaired) electrons. The van der Waals surface area contributed by atoms with Crippen LogP contribution in [0.5, 0.6) is 5.75 Å². The van der Waals surface area contributed by atoms with E-state index in [2.05, 4.69) is 0 Å². The Hall–Kier alpha value is -5.01. The summed E-state index contributed by atoms with van der Waals surface area (Å²) in [4.78, 5) is 34.7. The zero-order valence-electron chi connectivity index (χ0n) is 22.9. The summed E-state index contributed by atoms with van der Waals surface area (Å²) < 4.78 is 12.2. The van der Waals surface area contributed by atoms with Gasteiger partial charge < -0.3 is 14.6 Å². The van der Waals surface area contributed by atoms with Gasteiger partial charge in [-0.2, -0.15) is 0 Å². The Morgan fingerprint density at radius 1 is 0.929 bits per heavy atom. The SMILES string of the molecule is O=C(c1ccccc1)N1C(=O)[C@@]2(C/C=C/c3ccccc3)N=C(c3ccc(OCCCO)cc3)O[C@H]2c2ccccc21. The van der Waals surface area contributed by atoms with E-state index in [1.165, 1.54) is 4.90 Å². The van der Waals surface area contributed by atoms with Gasteiger partial charge >= 0.3 is 0 Å². The Morgan fingerprint density at radius 2 is 1.62 bits per heavy atom. The summed E-state index contributed by atoms with van der Waals surface area (Å²) >= 11 is 0. The molecule has 2 heterocycles. The minimum absolute atomic E-state index is 0.0597. The van der Waals surface area contributed by atoms with Gasteiger partial charge in [-0.25, -0.2) is 9.89 Å². The minimum atomic E-state index is -1.39. The van der Waals surface area contributed by atoms with Crippen LogP contribution in [0, 0.1) is 0 Å². The standard InChI is InChI=1S/C35H30N2O5/c38-23-10-24-41-28-20-18-26(19-21-28)32-36-35(22-9-13-25-11-3-1-4-12-25)31(42-32)29-16-7-8-17-30(29)37(34(35)40)33(39)27-14-5-2-6-15-27/h1-9,11-21,31,38H,10,22-24H2/b13-9+/t31-,35-/m0/s1. The third-order valence-corrected chi connectivity index (χ3v) is 7.43. The lowest BCUT2D eigenvalue weighted by molar-refractivity contribution is -0.126. The van der Waals surface area contributed by atoms with Crippen molar-refractivity contribution in [1.82, 2.24) is 0 Å². The highest BCUT2D eigenvalue weighted by molar-refractivity contribution is 6.26. The second-order valence-corrected chi connectivity index (χ2v) is 10.2. The van der Waals surface area contributed by atoms with E-state index in [1.807, 2.05) is 91.0 Å². The Kier molecular flexibility index (Phi) is 7.66. The number of fused-ring (bicyclic) bond motifs is 3. The van der Waals surface area contributed by atoms with E-state index in [9.17, 15) is 9.59 Å². The summed E-state index contributed by atoms with van der Waals surface area (Å²) in [6.07, 6.45) is 3.92. The van der Waals surface area contributed by atoms with Gasteiger partial charge in [0.2, 0.25) is 5.90 Å². The quantitative estimate of drug-likeness (QED) is 0.201. The zero-order chi connectivity index (χ0) is 28.9. The summed E-state index contributed by atoms with van der Waals surface area (Å²) in [5, 5.41) is 9.02. The molecule has 7 heteroatoms. The summed E-state index contributed by atoms with van der Waals surface area (Å²) in [7, 11) is 0. The molecule has 0 aromatic heterocycles. The van der Waals surface area contributed by atoms with Gasteiger partial charge in [0.1, 0.15) is 5.75 Å². The smallest absolute Gasteiger partial charge is 0.266 e. The number of aliphatic hydroxyl groups excluding tert-OH is 1. The predicted molar refractivity (Wildman–Crippen MR) is 162 cm³/mol. The molecule has 2 aliphatic heterocycles. The van der Waals surface area contributed by atoms with Crippen LogP contribution in [0.3, 0.4) is 0 Å². The fraction of sp³-hybridized carbons (Fsp3) is 0.171. The average Bonchev–Trinajstić information content (AvgIpc) is 3.44. The van der Waals surface area contributed by atoms with E-state index in [0.717, 1.165) is 11.1 Å².